The van der Waals surface area contributed by atoms with Crippen LogP contribution in [0.5, 0.6) is 0 Å². The first-order valence-corrected chi connectivity index (χ1v) is 3.53. The lowest BCUT2D eigenvalue weighted by Crippen LogP contribution is -1.96. The van der Waals surface area contributed by atoms with Gasteiger partial charge in [-0.3, -0.25) is 0 Å². The van der Waals surface area contributed by atoms with Gasteiger partial charge in [-0.25, -0.2) is 4.63 Å². The molecule has 0 atom stereocenters. The molecule has 11 heteroatoms. The molecular formula is C4H4N8O3. The molecule has 11 nitrogen and oxygen atoms in total. The molecular weight excluding hydrogens is 208 g/mol. The summed E-state index contributed by atoms with van der Waals surface area (Å²) in [5, 5.41) is 27.5. The van der Waals surface area contributed by atoms with Crippen LogP contribution >= 0.6 is 0 Å². The van der Waals surface area contributed by atoms with E-state index in [1.165, 1.54) is 0 Å². The number of anilines is 2. The highest BCUT2D eigenvalue weighted by Gasteiger charge is 2.18. The van der Waals surface area contributed by atoms with Crippen LogP contribution in [-0.2, 0) is 0 Å². The zero-order valence-electron chi connectivity index (χ0n) is 7.06. The molecule has 0 unspecified atom stereocenters. The third-order valence-electron chi connectivity index (χ3n) is 1.36. The first-order valence-electron chi connectivity index (χ1n) is 3.53. The predicted octanol–water partition coefficient (Wildman–Crippen LogP) is -0.457. The fourth-order valence-electron chi connectivity index (χ4n) is 0.717. The zero-order chi connectivity index (χ0) is 10.8. The van der Waals surface area contributed by atoms with Crippen molar-refractivity contribution < 1.29 is 14.1 Å². The molecule has 4 N–H and O–H groups in total. The standard InChI is InChI=1S/C4H4N8O3/c5-1-3(10-14-8-1)7-12(13)4-2(6)9-15-11-4/h(H2,5,8)(H2,6,9)/b12-7-. The van der Waals surface area contributed by atoms with Crippen LogP contribution in [0.4, 0.5) is 23.3 Å². The molecule has 0 saturated heterocycles. The average Bonchev–Trinajstić information content (AvgIpc) is 2.76. The maximum absolute atomic E-state index is 11.3. The largest absolute Gasteiger partial charge is 0.690 e. The Labute approximate surface area is 80.8 Å². The number of hydrogen-bond donors (Lipinski definition) is 2. The highest BCUT2D eigenvalue weighted by molar-refractivity contribution is 5.48. The molecule has 0 aliphatic heterocycles. The van der Waals surface area contributed by atoms with Crippen molar-refractivity contribution in [2.75, 3.05) is 11.5 Å². The fourth-order valence-corrected chi connectivity index (χ4v) is 0.717. The topological polar surface area (TPSA) is 168 Å². The number of aromatic nitrogens is 4. The Hall–Kier alpha value is -2.72. The second-order valence-corrected chi connectivity index (χ2v) is 2.32. The van der Waals surface area contributed by atoms with E-state index in [2.05, 4.69) is 35.0 Å². The molecule has 0 aliphatic carbocycles. The van der Waals surface area contributed by atoms with Crippen molar-refractivity contribution in [2.45, 2.75) is 0 Å². The molecule has 2 rings (SSSR count). The Morgan fingerprint density at radius 2 is 1.73 bits per heavy atom. The normalized spacial score (nSPS) is 11.9. The molecule has 0 bridgehead atoms. The molecule has 0 fully saturated rings. The molecule has 0 saturated carbocycles. The van der Waals surface area contributed by atoms with Gasteiger partial charge in [-0.2, -0.15) is 0 Å². The highest BCUT2D eigenvalue weighted by Crippen LogP contribution is 2.20. The molecule has 0 aromatic carbocycles. The minimum atomic E-state index is -0.308. The smallest absolute Gasteiger partial charge is 0.442 e. The summed E-state index contributed by atoms with van der Waals surface area (Å²) in [7, 11) is 0. The summed E-state index contributed by atoms with van der Waals surface area (Å²) < 4.78 is 8.42. The molecule has 0 spiro atoms. The van der Waals surface area contributed by atoms with Gasteiger partial charge in [-0.1, -0.05) is 5.11 Å². The van der Waals surface area contributed by atoms with Crippen LogP contribution in [0.2, 0.25) is 0 Å². The first kappa shape index (κ1) is 8.86. The van der Waals surface area contributed by atoms with Gasteiger partial charge in [-0.05, 0) is 10.3 Å². The lowest BCUT2D eigenvalue weighted by molar-refractivity contribution is -0.440. The van der Waals surface area contributed by atoms with Crippen LogP contribution < -0.4 is 11.5 Å². The minimum Gasteiger partial charge on any atom is -0.690 e. The summed E-state index contributed by atoms with van der Waals surface area (Å²) >= 11 is 0. The van der Waals surface area contributed by atoms with E-state index in [1.807, 2.05) is 0 Å². The molecule has 0 aliphatic rings. The van der Waals surface area contributed by atoms with Gasteiger partial charge in [0.25, 0.3) is 11.6 Å². The molecule has 15 heavy (non-hydrogen) atoms. The molecule has 0 radical (unpaired) electrons. The third-order valence-corrected chi connectivity index (χ3v) is 1.36. The summed E-state index contributed by atoms with van der Waals surface area (Å²) in [4.78, 5) is 0.0434. The summed E-state index contributed by atoms with van der Waals surface area (Å²) in [5.41, 5.74) is 10.5. The van der Waals surface area contributed by atoms with Crippen LogP contribution in [0.3, 0.4) is 0 Å². The zero-order valence-corrected chi connectivity index (χ0v) is 7.06. The number of nitrogens with zero attached hydrogens (tertiary/aromatic N) is 6. The molecule has 0 amide bonds. The molecule has 2 heterocycles. The van der Waals surface area contributed by atoms with Crippen LogP contribution in [0.15, 0.2) is 14.4 Å². The second kappa shape index (κ2) is 3.21. The van der Waals surface area contributed by atoms with Crippen molar-refractivity contribution in [3.05, 3.63) is 5.21 Å². The Morgan fingerprint density at radius 3 is 2.27 bits per heavy atom. The van der Waals surface area contributed by atoms with E-state index in [0.29, 0.717) is 0 Å². The Kier molecular flexibility index (Phi) is 1.89. The van der Waals surface area contributed by atoms with Crippen molar-refractivity contribution in [3.63, 3.8) is 0 Å². The third kappa shape index (κ3) is 1.52. The van der Waals surface area contributed by atoms with E-state index in [1.54, 1.807) is 0 Å². The van der Waals surface area contributed by atoms with Crippen molar-refractivity contribution in [1.82, 2.24) is 20.6 Å². The van der Waals surface area contributed by atoms with Gasteiger partial charge in [0, 0.05) is 5.16 Å². The van der Waals surface area contributed by atoms with Crippen LogP contribution in [0.1, 0.15) is 0 Å². The highest BCUT2D eigenvalue weighted by atomic mass is 16.6. The Morgan fingerprint density at radius 1 is 1.07 bits per heavy atom. The van der Waals surface area contributed by atoms with Crippen molar-refractivity contribution in [2.24, 2.45) is 5.11 Å². The van der Waals surface area contributed by atoms with Gasteiger partial charge < -0.3 is 16.7 Å². The summed E-state index contributed by atoms with van der Waals surface area (Å²) in [6.45, 7) is 0. The quantitative estimate of drug-likeness (QED) is 0.379. The van der Waals surface area contributed by atoms with Crippen LogP contribution in [-0.4, -0.2) is 25.5 Å². The summed E-state index contributed by atoms with van der Waals surface area (Å²) in [6, 6.07) is 0. The van der Waals surface area contributed by atoms with E-state index in [9.17, 15) is 5.21 Å². The van der Waals surface area contributed by atoms with E-state index in [-0.39, 0.29) is 28.1 Å². The van der Waals surface area contributed by atoms with Crippen LogP contribution in [0.25, 0.3) is 0 Å². The van der Waals surface area contributed by atoms with E-state index in [0.717, 1.165) is 0 Å². The van der Waals surface area contributed by atoms with Gasteiger partial charge >= 0.3 is 5.82 Å². The maximum atomic E-state index is 11.3. The summed E-state index contributed by atoms with van der Waals surface area (Å²) in [5.74, 6) is -0.834. The van der Waals surface area contributed by atoms with Crippen molar-refractivity contribution in [1.29, 1.82) is 0 Å². The van der Waals surface area contributed by atoms with Crippen molar-refractivity contribution >= 4 is 23.3 Å². The first-order chi connectivity index (χ1) is 7.18. The van der Waals surface area contributed by atoms with Crippen LogP contribution in [0, 0.1) is 5.21 Å². The van der Waals surface area contributed by atoms with Gasteiger partial charge in [0.05, 0.1) is 0 Å². The lowest BCUT2D eigenvalue weighted by Gasteiger charge is -1.97. The number of azo groups is 1. The van der Waals surface area contributed by atoms with Gasteiger partial charge in [-0.15, -0.1) is 9.49 Å². The van der Waals surface area contributed by atoms with E-state index in [4.69, 9.17) is 11.5 Å². The minimum absolute atomic E-state index is 0.0434. The monoisotopic (exact) mass is 212 g/mol. The van der Waals surface area contributed by atoms with Gasteiger partial charge in [0.2, 0.25) is 5.82 Å². The molecule has 2 aromatic heterocycles. The SMILES string of the molecule is Nc1nonc1/N=[N+](\[O-])c1nonc1N. The number of nitrogens with two attached hydrogens (primary N) is 2. The second-order valence-electron chi connectivity index (χ2n) is 2.32. The number of nitrogen functional groups attached to an aromatic ring is 2. The van der Waals surface area contributed by atoms with E-state index < -0.39 is 0 Å². The predicted molar refractivity (Wildman–Crippen MR) is 42.8 cm³/mol. The summed E-state index contributed by atoms with van der Waals surface area (Å²) in [6.07, 6.45) is 0. The van der Waals surface area contributed by atoms with Crippen molar-refractivity contribution in [3.8, 4) is 0 Å². The molecule has 78 valence electrons. The lowest BCUT2D eigenvalue weighted by atomic mass is 10.7. The van der Waals surface area contributed by atoms with E-state index >= 15 is 0 Å². The molecule has 2 aromatic rings. The Balaban J connectivity index is 2.37. The number of rotatable bonds is 2. The fraction of sp³-hybridized carbons (Fsp3) is 0. The van der Waals surface area contributed by atoms with Gasteiger partial charge in [0.1, 0.15) is 0 Å². The Bertz CT molecular complexity index is 499. The average molecular weight is 212 g/mol. The van der Waals surface area contributed by atoms with Gasteiger partial charge in [0.15, 0.2) is 5.16 Å². The number of hydrogen-bond acceptors (Lipinski definition) is 10. The maximum Gasteiger partial charge on any atom is 0.442 e.